The van der Waals surface area contributed by atoms with E-state index in [0.29, 0.717) is 35.8 Å². The molecule has 0 radical (unpaired) electrons. The number of para-hydroxylation sites is 1. The number of likely N-dealkylation sites (tertiary alicyclic amines) is 1. The standard InChI is InChI=1S/C21H20N6O3/c28-19-16-13-22-27(15-5-2-1-3-6-15)18(16)24-21(25-19)23-14-8-10-26(11-9-14)20(29)17-7-4-12-30-17/h1-7,12-14H,8-11H2,(H2,23,24,25,28). The van der Waals surface area contributed by atoms with Crippen molar-refractivity contribution in [2.45, 2.75) is 18.9 Å². The van der Waals surface area contributed by atoms with Gasteiger partial charge in [-0.25, -0.2) is 4.68 Å². The molecule has 1 amide bonds. The van der Waals surface area contributed by atoms with Crippen LogP contribution in [-0.2, 0) is 0 Å². The number of H-pyrrole nitrogens is 1. The molecule has 30 heavy (non-hydrogen) atoms. The Balaban J connectivity index is 1.33. The fourth-order valence-corrected chi connectivity index (χ4v) is 3.72. The first-order chi connectivity index (χ1) is 14.7. The summed E-state index contributed by atoms with van der Waals surface area (Å²) in [6, 6.07) is 13.0. The number of piperidine rings is 1. The fraction of sp³-hybridized carbons (Fsp3) is 0.238. The van der Waals surface area contributed by atoms with Crippen LogP contribution in [0.1, 0.15) is 23.4 Å². The fourth-order valence-electron chi connectivity index (χ4n) is 3.72. The van der Waals surface area contributed by atoms with Crippen LogP contribution in [-0.4, -0.2) is 49.7 Å². The SMILES string of the molecule is O=C(c1ccco1)N1CCC(Nc2nc3c(cnn3-c3ccccc3)c(=O)[nH]2)CC1. The number of fused-ring (bicyclic) bond motifs is 1. The van der Waals surface area contributed by atoms with E-state index in [1.165, 1.54) is 12.5 Å². The van der Waals surface area contributed by atoms with Gasteiger partial charge in [0.25, 0.3) is 11.5 Å². The lowest BCUT2D eigenvalue weighted by Crippen LogP contribution is -2.42. The molecule has 2 N–H and O–H groups in total. The van der Waals surface area contributed by atoms with Crippen molar-refractivity contribution in [3.05, 3.63) is 71.0 Å². The molecule has 9 heteroatoms. The quantitative estimate of drug-likeness (QED) is 0.541. The van der Waals surface area contributed by atoms with E-state index < -0.39 is 0 Å². The molecule has 0 spiro atoms. The van der Waals surface area contributed by atoms with Crippen molar-refractivity contribution < 1.29 is 9.21 Å². The third-order valence-corrected chi connectivity index (χ3v) is 5.29. The van der Waals surface area contributed by atoms with Crippen molar-refractivity contribution in [3.63, 3.8) is 0 Å². The normalized spacial score (nSPS) is 14.9. The van der Waals surface area contributed by atoms with Gasteiger partial charge >= 0.3 is 0 Å². The number of aromatic amines is 1. The third kappa shape index (κ3) is 3.34. The zero-order valence-corrected chi connectivity index (χ0v) is 16.1. The molecule has 0 unspecified atom stereocenters. The summed E-state index contributed by atoms with van der Waals surface area (Å²) in [5.41, 5.74) is 1.09. The topological polar surface area (TPSA) is 109 Å². The van der Waals surface area contributed by atoms with E-state index in [1.54, 1.807) is 21.7 Å². The number of rotatable bonds is 4. The van der Waals surface area contributed by atoms with Crippen molar-refractivity contribution in [1.82, 2.24) is 24.6 Å². The monoisotopic (exact) mass is 404 g/mol. The van der Waals surface area contributed by atoms with E-state index >= 15 is 0 Å². The summed E-state index contributed by atoms with van der Waals surface area (Å²) in [4.78, 5) is 34.1. The molecule has 5 rings (SSSR count). The number of furan rings is 1. The van der Waals surface area contributed by atoms with Crippen LogP contribution in [0.3, 0.4) is 0 Å². The number of amides is 1. The summed E-state index contributed by atoms with van der Waals surface area (Å²) in [6.45, 7) is 1.21. The second-order valence-corrected chi connectivity index (χ2v) is 7.23. The average molecular weight is 404 g/mol. The van der Waals surface area contributed by atoms with Crippen molar-refractivity contribution in [2.75, 3.05) is 18.4 Å². The van der Waals surface area contributed by atoms with Crippen LogP contribution >= 0.6 is 0 Å². The Kier molecular flexibility index (Phi) is 4.55. The Bertz CT molecular complexity index is 1220. The zero-order chi connectivity index (χ0) is 20.5. The molecular weight excluding hydrogens is 384 g/mol. The van der Waals surface area contributed by atoms with Gasteiger partial charge in [0.05, 0.1) is 18.1 Å². The Morgan fingerprint density at radius 2 is 1.93 bits per heavy atom. The smallest absolute Gasteiger partial charge is 0.289 e. The van der Waals surface area contributed by atoms with Crippen molar-refractivity contribution in [1.29, 1.82) is 0 Å². The maximum Gasteiger partial charge on any atom is 0.289 e. The number of nitrogens with one attached hydrogen (secondary N) is 2. The molecule has 1 fully saturated rings. The molecule has 0 aliphatic carbocycles. The lowest BCUT2D eigenvalue weighted by atomic mass is 10.0. The Hall–Kier alpha value is -3.88. The van der Waals surface area contributed by atoms with Gasteiger partial charge in [-0.1, -0.05) is 18.2 Å². The lowest BCUT2D eigenvalue weighted by molar-refractivity contribution is 0.0686. The van der Waals surface area contributed by atoms with Crippen molar-refractivity contribution in [3.8, 4) is 5.69 Å². The van der Waals surface area contributed by atoms with Gasteiger partial charge in [0.1, 0.15) is 5.39 Å². The lowest BCUT2D eigenvalue weighted by Gasteiger charge is -2.31. The van der Waals surface area contributed by atoms with E-state index in [4.69, 9.17) is 4.42 Å². The second kappa shape index (κ2) is 7.51. The van der Waals surface area contributed by atoms with Gasteiger partial charge in [-0.05, 0) is 37.1 Å². The molecule has 1 aliphatic rings. The number of hydrogen-bond donors (Lipinski definition) is 2. The van der Waals surface area contributed by atoms with E-state index in [-0.39, 0.29) is 17.5 Å². The molecule has 152 valence electrons. The Morgan fingerprint density at radius 1 is 1.13 bits per heavy atom. The minimum Gasteiger partial charge on any atom is -0.459 e. The molecule has 3 aromatic heterocycles. The highest BCUT2D eigenvalue weighted by molar-refractivity contribution is 5.91. The second-order valence-electron chi connectivity index (χ2n) is 7.23. The molecule has 1 aromatic carbocycles. The van der Waals surface area contributed by atoms with Crippen LogP contribution in [0.25, 0.3) is 16.7 Å². The summed E-state index contributed by atoms with van der Waals surface area (Å²) < 4.78 is 6.85. The number of anilines is 1. The van der Waals surface area contributed by atoms with Gasteiger partial charge in [-0.3, -0.25) is 14.6 Å². The summed E-state index contributed by atoms with van der Waals surface area (Å²) >= 11 is 0. The third-order valence-electron chi connectivity index (χ3n) is 5.29. The van der Waals surface area contributed by atoms with E-state index in [1.807, 2.05) is 30.3 Å². The van der Waals surface area contributed by atoms with Crippen LogP contribution in [0.15, 0.2) is 64.1 Å². The van der Waals surface area contributed by atoms with E-state index in [9.17, 15) is 9.59 Å². The van der Waals surface area contributed by atoms with E-state index in [0.717, 1.165) is 18.5 Å². The first-order valence-electron chi connectivity index (χ1n) is 9.82. The molecular formula is C21H20N6O3. The minimum absolute atomic E-state index is 0.0966. The molecule has 1 aliphatic heterocycles. The van der Waals surface area contributed by atoms with Crippen LogP contribution in [0.5, 0.6) is 0 Å². The van der Waals surface area contributed by atoms with Gasteiger partial charge in [0.15, 0.2) is 11.4 Å². The van der Waals surface area contributed by atoms with Gasteiger partial charge in [-0.2, -0.15) is 10.1 Å². The van der Waals surface area contributed by atoms with Crippen LogP contribution in [0.2, 0.25) is 0 Å². The predicted octanol–water partition coefficient (Wildman–Crippen LogP) is 2.42. The Morgan fingerprint density at radius 3 is 2.67 bits per heavy atom. The molecule has 0 atom stereocenters. The van der Waals surface area contributed by atoms with Gasteiger partial charge < -0.3 is 14.6 Å². The molecule has 4 aromatic rings. The number of nitrogens with zero attached hydrogens (tertiary/aromatic N) is 4. The van der Waals surface area contributed by atoms with Crippen molar-refractivity contribution >= 4 is 22.9 Å². The first kappa shape index (κ1) is 18.2. The highest BCUT2D eigenvalue weighted by Gasteiger charge is 2.25. The maximum atomic E-state index is 12.5. The highest BCUT2D eigenvalue weighted by Crippen LogP contribution is 2.19. The number of carbonyl (C=O) groups excluding carboxylic acids is 1. The summed E-state index contributed by atoms with van der Waals surface area (Å²) in [5, 5.41) is 8.06. The largest absolute Gasteiger partial charge is 0.459 e. The highest BCUT2D eigenvalue weighted by atomic mass is 16.3. The number of benzene rings is 1. The number of carbonyl (C=O) groups is 1. The molecule has 0 saturated carbocycles. The minimum atomic E-state index is -0.241. The summed E-state index contributed by atoms with van der Waals surface area (Å²) in [6.07, 6.45) is 4.51. The predicted molar refractivity (Wildman–Crippen MR) is 111 cm³/mol. The number of aromatic nitrogens is 4. The van der Waals surface area contributed by atoms with Crippen LogP contribution in [0, 0.1) is 0 Å². The maximum absolute atomic E-state index is 12.5. The van der Waals surface area contributed by atoms with Gasteiger partial charge in [-0.15, -0.1) is 0 Å². The van der Waals surface area contributed by atoms with Crippen LogP contribution in [0.4, 0.5) is 5.95 Å². The van der Waals surface area contributed by atoms with E-state index in [2.05, 4.69) is 20.4 Å². The molecule has 4 heterocycles. The first-order valence-corrected chi connectivity index (χ1v) is 9.82. The van der Waals surface area contributed by atoms with Crippen LogP contribution < -0.4 is 10.9 Å². The molecule has 1 saturated heterocycles. The van der Waals surface area contributed by atoms with Gasteiger partial charge in [0, 0.05) is 19.1 Å². The van der Waals surface area contributed by atoms with Crippen molar-refractivity contribution in [2.24, 2.45) is 0 Å². The number of hydrogen-bond acceptors (Lipinski definition) is 6. The summed E-state index contributed by atoms with van der Waals surface area (Å²) in [7, 11) is 0. The average Bonchev–Trinajstić information content (AvgIpc) is 3.45. The molecule has 0 bridgehead atoms. The summed E-state index contributed by atoms with van der Waals surface area (Å²) in [5.74, 6) is 0.659. The van der Waals surface area contributed by atoms with Gasteiger partial charge in [0.2, 0.25) is 5.95 Å². The zero-order valence-electron chi connectivity index (χ0n) is 16.1. The Labute approximate surface area is 171 Å². The molecule has 9 nitrogen and oxygen atoms in total.